The Morgan fingerprint density at radius 3 is 2.25 bits per heavy atom. The number of ether oxygens (including phenoxy) is 3. The van der Waals surface area contributed by atoms with E-state index in [1.807, 2.05) is 0 Å². The molecule has 152 valence electrons. The maximum atomic E-state index is 12.8. The molecule has 2 aliphatic rings. The Balaban J connectivity index is 1.74. The largest absolute Gasteiger partial charge is 0.493 e. The second kappa shape index (κ2) is 7.95. The maximum Gasteiger partial charge on any atom is 0.327 e. The normalized spacial score (nSPS) is 19.0. The van der Waals surface area contributed by atoms with Crippen LogP contribution in [-0.4, -0.2) is 86.1 Å². The van der Waals surface area contributed by atoms with E-state index >= 15 is 0 Å². The lowest BCUT2D eigenvalue weighted by Crippen LogP contribution is -2.55. The molecule has 1 aromatic rings. The van der Waals surface area contributed by atoms with Gasteiger partial charge in [-0.1, -0.05) is 0 Å². The predicted octanol–water partition coefficient (Wildman–Crippen LogP) is 0.750. The number of methoxy groups -OCH3 is 3. The topological polar surface area (TPSA) is 88.6 Å². The van der Waals surface area contributed by atoms with Crippen LogP contribution in [0.3, 0.4) is 0 Å². The number of carbonyl (C=O) groups is 3. The molecule has 2 heterocycles. The fourth-order valence-corrected chi connectivity index (χ4v) is 3.69. The Kier molecular flexibility index (Phi) is 5.62. The molecule has 0 aromatic heterocycles. The molecule has 0 unspecified atom stereocenters. The van der Waals surface area contributed by atoms with Crippen LogP contribution < -0.4 is 14.2 Å². The minimum Gasteiger partial charge on any atom is -0.493 e. The fraction of sp³-hybridized carbons (Fsp3) is 0.526. The highest BCUT2D eigenvalue weighted by atomic mass is 16.5. The molecule has 4 amide bonds. The van der Waals surface area contributed by atoms with Crippen molar-refractivity contribution in [2.45, 2.75) is 19.4 Å². The number of amides is 4. The lowest BCUT2D eigenvalue weighted by atomic mass is 10.1. The molecular formula is C19H25N3O6. The SMILES string of the molecule is CCN1C(=O)[C@@H]2CN(C(=O)Cc3cc(OC)c(OC)c(OC)c3)CCN2C1=O. The van der Waals surface area contributed by atoms with E-state index in [0.29, 0.717) is 42.4 Å². The number of nitrogens with zero attached hydrogens (tertiary/aromatic N) is 3. The minimum atomic E-state index is -0.593. The van der Waals surface area contributed by atoms with Crippen molar-refractivity contribution in [1.82, 2.24) is 14.7 Å². The molecular weight excluding hydrogens is 366 g/mol. The summed E-state index contributed by atoms with van der Waals surface area (Å²) >= 11 is 0. The summed E-state index contributed by atoms with van der Waals surface area (Å²) in [7, 11) is 4.55. The van der Waals surface area contributed by atoms with Crippen molar-refractivity contribution in [3.63, 3.8) is 0 Å². The average molecular weight is 391 g/mol. The van der Waals surface area contributed by atoms with Gasteiger partial charge in [-0.2, -0.15) is 0 Å². The molecule has 9 heteroatoms. The van der Waals surface area contributed by atoms with E-state index in [4.69, 9.17) is 14.2 Å². The van der Waals surface area contributed by atoms with Gasteiger partial charge < -0.3 is 24.0 Å². The van der Waals surface area contributed by atoms with Gasteiger partial charge in [0.25, 0.3) is 5.91 Å². The average Bonchev–Trinajstić information content (AvgIpc) is 2.96. The fourth-order valence-electron chi connectivity index (χ4n) is 3.69. The first-order valence-electron chi connectivity index (χ1n) is 9.13. The number of hydrogen-bond donors (Lipinski definition) is 0. The van der Waals surface area contributed by atoms with Crippen LogP contribution in [0, 0.1) is 0 Å². The van der Waals surface area contributed by atoms with Gasteiger partial charge in [-0.05, 0) is 24.6 Å². The first kappa shape index (κ1) is 19.8. The molecule has 1 atom stereocenters. The summed E-state index contributed by atoms with van der Waals surface area (Å²) in [5.74, 6) is 1.06. The number of rotatable bonds is 6. The predicted molar refractivity (Wildman–Crippen MR) is 99.7 cm³/mol. The van der Waals surface area contributed by atoms with E-state index in [9.17, 15) is 14.4 Å². The zero-order valence-corrected chi connectivity index (χ0v) is 16.6. The standard InChI is InChI=1S/C19H25N3O6/c1-5-21-18(24)13-11-20(6-7-22(13)19(21)25)16(23)10-12-8-14(26-2)17(28-4)15(9-12)27-3/h8-9,13H,5-7,10-11H2,1-4H3/t13-/m0/s1. The lowest BCUT2D eigenvalue weighted by Gasteiger charge is -2.35. The van der Waals surface area contributed by atoms with Crippen molar-refractivity contribution >= 4 is 17.8 Å². The van der Waals surface area contributed by atoms with Crippen LogP contribution in [0.4, 0.5) is 4.79 Å². The Hall–Kier alpha value is -2.97. The zero-order valence-electron chi connectivity index (χ0n) is 16.6. The number of likely N-dealkylation sites (N-methyl/N-ethyl adjacent to an activating group) is 1. The summed E-state index contributed by atoms with van der Waals surface area (Å²) in [5.41, 5.74) is 0.714. The Morgan fingerprint density at radius 1 is 1.07 bits per heavy atom. The highest BCUT2D eigenvalue weighted by molar-refractivity contribution is 6.04. The molecule has 0 saturated carbocycles. The van der Waals surface area contributed by atoms with E-state index < -0.39 is 6.04 Å². The van der Waals surface area contributed by atoms with E-state index in [0.717, 1.165) is 0 Å². The number of hydrogen-bond acceptors (Lipinski definition) is 6. The first-order chi connectivity index (χ1) is 13.4. The third kappa shape index (κ3) is 3.32. The third-order valence-electron chi connectivity index (χ3n) is 5.16. The van der Waals surface area contributed by atoms with Gasteiger partial charge in [-0.15, -0.1) is 0 Å². The Morgan fingerprint density at radius 2 is 1.71 bits per heavy atom. The van der Waals surface area contributed by atoms with Gasteiger partial charge in [0.2, 0.25) is 11.7 Å². The summed E-state index contributed by atoms with van der Waals surface area (Å²) in [4.78, 5) is 41.9. The molecule has 28 heavy (non-hydrogen) atoms. The maximum absolute atomic E-state index is 12.8. The molecule has 2 fully saturated rings. The molecule has 3 rings (SSSR count). The van der Waals surface area contributed by atoms with Gasteiger partial charge in [-0.3, -0.25) is 14.5 Å². The molecule has 0 aliphatic carbocycles. The first-order valence-corrected chi connectivity index (χ1v) is 9.13. The second-order valence-corrected chi connectivity index (χ2v) is 6.62. The Bertz CT molecular complexity index is 771. The van der Waals surface area contributed by atoms with Crippen LogP contribution in [-0.2, 0) is 16.0 Å². The number of fused-ring (bicyclic) bond motifs is 1. The van der Waals surface area contributed by atoms with Crippen LogP contribution in [0.15, 0.2) is 12.1 Å². The number of benzene rings is 1. The van der Waals surface area contributed by atoms with Gasteiger partial charge in [0.1, 0.15) is 6.04 Å². The summed E-state index contributed by atoms with van der Waals surface area (Å²) in [6, 6.07) is 2.61. The quantitative estimate of drug-likeness (QED) is 0.665. The van der Waals surface area contributed by atoms with Crippen molar-refractivity contribution in [2.24, 2.45) is 0 Å². The molecule has 0 bridgehead atoms. The smallest absolute Gasteiger partial charge is 0.327 e. The number of urea groups is 1. The highest BCUT2D eigenvalue weighted by Crippen LogP contribution is 2.38. The number of carbonyl (C=O) groups excluding carboxylic acids is 3. The van der Waals surface area contributed by atoms with Gasteiger partial charge >= 0.3 is 6.03 Å². The van der Waals surface area contributed by atoms with Crippen LogP contribution in [0.2, 0.25) is 0 Å². The van der Waals surface area contributed by atoms with E-state index in [2.05, 4.69) is 0 Å². The molecule has 1 aromatic carbocycles. The summed E-state index contributed by atoms with van der Waals surface area (Å²) in [6.45, 7) is 3.07. The van der Waals surface area contributed by atoms with Crippen LogP contribution in [0.25, 0.3) is 0 Å². The van der Waals surface area contributed by atoms with Crippen molar-refractivity contribution < 1.29 is 28.6 Å². The van der Waals surface area contributed by atoms with Gasteiger partial charge in [0.15, 0.2) is 11.5 Å². The van der Waals surface area contributed by atoms with Gasteiger partial charge in [0, 0.05) is 19.6 Å². The molecule has 9 nitrogen and oxygen atoms in total. The lowest BCUT2D eigenvalue weighted by molar-refractivity contribution is -0.135. The molecule has 0 radical (unpaired) electrons. The van der Waals surface area contributed by atoms with Crippen LogP contribution in [0.5, 0.6) is 17.2 Å². The van der Waals surface area contributed by atoms with Crippen LogP contribution in [0.1, 0.15) is 12.5 Å². The van der Waals surface area contributed by atoms with E-state index in [1.54, 1.807) is 28.9 Å². The van der Waals surface area contributed by atoms with Crippen molar-refractivity contribution in [3.8, 4) is 17.2 Å². The zero-order chi connectivity index (χ0) is 20.4. The highest BCUT2D eigenvalue weighted by Gasteiger charge is 2.47. The molecule has 2 aliphatic heterocycles. The summed E-state index contributed by atoms with van der Waals surface area (Å²) in [6.07, 6.45) is 0.128. The van der Waals surface area contributed by atoms with Crippen molar-refractivity contribution in [3.05, 3.63) is 17.7 Å². The monoisotopic (exact) mass is 391 g/mol. The van der Waals surface area contributed by atoms with Crippen LogP contribution >= 0.6 is 0 Å². The van der Waals surface area contributed by atoms with E-state index in [1.165, 1.54) is 26.2 Å². The molecule has 0 spiro atoms. The van der Waals surface area contributed by atoms with Gasteiger partial charge in [0.05, 0.1) is 34.3 Å². The Labute approximate surface area is 163 Å². The summed E-state index contributed by atoms with van der Waals surface area (Å²) in [5, 5.41) is 0. The number of piperazine rings is 1. The number of imide groups is 1. The summed E-state index contributed by atoms with van der Waals surface area (Å²) < 4.78 is 16.0. The minimum absolute atomic E-state index is 0.121. The van der Waals surface area contributed by atoms with Crippen molar-refractivity contribution in [1.29, 1.82) is 0 Å². The second-order valence-electron chi connectivity index (χ2n) is 6.62. The van der Waals surface area contributed by atoms with E-state index in [-0.39, 0.29) is 30.8 Å². The van der Waals surface area contributed by atoms with Gasteiger partial charge in [-0.25, -0.2) is 4.79 Å². The third-order valence-corrected chi connectivity index (χ3v) is 5.16. The molecule has 2 saturated heterocycles. The van der Waals surface area contributed by atoms with Crippen molar-refractivity contribution in [2.75, 3.05) is 47.5 Å². The molecule has 0 N–H and O–H groups in total.